The predicted molar refractivity (Wildman–Crippen MR) is 75.6 cm³/mol. The van der Waals surface area contributed by atoms with E-state index < -0.39 is 0 Å². The van der Waals surface area contributed by atoms with Gasteiger partial charge in [0.2, 0.25) is 0 Å². The van der Waals surface area contributed by atoms with Gasteiger partial charge in [-0.2, -0.15) is 0 Å². The molecule has 1 atom stereocenters. The fourth-order valence-electron chi connectivity index (χ4n) is 1.91. The molecule has 0 aliphatic carbocycles. The molecule has 0 aromatic carbocycles. The molecule has 0 bridgehead atoms. The Kier molecular flexibility index (Phi) is 5.38. The Labute approximate surface area is 112 Å². The second-order valence-electron chi connectivity index (χ2n) is 6.08. The molecular weight excluding hydrogens is 226 g/mol. The maximum atomic E-state index is 6.01. The summed E-state index contributed by atoms with van der Waals surface area (Å²) in [4.78, 5) is 0. The zero-order valence-corrected chi connectivity index (χ0v) is 12.7. The van der Waals surface area contributed by atoms with Crippen LogP contribution >= 0.6 is 0 Å². The molecule has 3 heteroatoms. The maximum Gasteiger partial charge on any atom is 0.174 e. The summed E-state index contributed by atoms with van der Waals surface area (Å²) in [5, 5.41) is 3.48. The Morgan fingerprint density at radius 2 is 1.72 bits per heavy atom. The highest BCUT2D eigenvalue weighted by Crippen LogP contribution is 2.39. The number of hydrogen-bond acceptors (Lipinski definition) is 3. The van der Waals surface area contributed by atoms with Crippen molar-refractivity contribution in [1.29, 1.82) is 0 Å². The minimum absolute atomic E-state index is 0.156. The summed E-state index contributed by atoms with van der Waals surface area (Å²) in [6.45, 7) is 13.5. The Morgan fingerprint density at radius 3 is 2.22 bits per heavy atom. The van der Waals surface area contributed by atoms with Crippen LogP contribution in [0.3, 0.4) is 0 Å². The molecule has 1 fully saturated rings. The second-order valence-corrected chi connectivity index (χ2v) is 6.08. The van der Waals surface area contributed by atoms with E-state index in [1.54, 1.807) is 0 Å². The summed E-state index contributed by atoms with van der Waals surface area (Å²) in [6.07, 6.45) is 6.41. The van der Waals surface area contributed by atoms with Crippen molar-refractivity contribution in [3.8, 4) is 0 Å². The van der Waals surface area contributed by atoms with Crippen LogP contribution in [0.15, 0.2) is 12.2 Å². The Balaban J connectivity index is 2.34. The van der Waals surface area contributed by atoms with Crippen LogP contribution in [-0.2, 0) is 9.47 Å². The molecule has 0 aromatic heterocycles. The first-order chi connectivity index (χ1) is 8.30. The lowest BCUT2D eigenvalue weighted by molar-refractivity contribution is -0.104. The molecule has 1 N–H and O–H groups in total. The van der Waals surface area contributed by atoms with E-state index in [0.29, 0.717) is 0 Å². The SMILES string of the molecule is C/C=C/CCCNC(C)C1OC(C)(C)C(C)(C)O1. The molecule has 1 saturated heterocycles. The lowest BCUT2D eigenvalue weighted by Gasteiger charge is -2.30. The summed E-state index contributed by atoms with van der Waals surface area (Å²) in [6, 6.07) is 0.219. The third-order valence-electron chi connectivity index (χ3n) is 3.93. The zero-order valence-electron chi connectivity index (χ0n) is 12.7. The highest BCUT2D eigenvalue weighted by molar-refractivity contribution is 4.96. The third-order valence-corrected chi connectivity index (χ3v) is 3.93. The van der Waals surface area contributed by atoms with Crippen molar-refractivity contribution in [3.05, 3.63) is 12.2 Å². The topological polar surface area (TPSA) is 30.5 Å². The van der Waals surface area contributed by atoms with E-state index in [9.17, 15) is 0 Å². The normalized spacial score (nSPS) is 24.8. The van der Waals surface area contributed by atoms with Crippen LogP contribution in [0.5, 0.6) is 0 Å². The van der Waals surface area contributed by atoms with Gasteiger partial charge in [-0.25, -0.2) is 0 Å². The molecule has 1 aliphatic heterocycles. The van der Waals surface area contributed by atoms with Crippen molar-refractivity contribution in [2.24, 2.45) is 0 Å². The molecule has 3 nitrogen and oxygen atoms in total. The summed E-state index contributed by atoms with van der Waals surface area (Å²) >= 11 is 0. The van der Waals surface area contributed by atoms with Gasteiger partial charge in [0.1, 0.15) is 0 Å². The van der Waals surface area contributed by atoms with Gasteiger partial charge in [-0.15, -0.1) is 0 Å². The van der Waals surface area contributed by atoms with Gasteiger partial charge < -0.3 is 14.8 Å². The van der Waals surface area contributed by atoms with Crippen LogP contribution in [-0.4, -0.2) is 30.1 Å². The van der Waals surface area contributed by atoms with Crippen molar-refractivity contribution in [1.82, 2.24) is 5.32 Å². The van der Waals surface area contributed by atoms with E-state index >= 15 is 0 Å². The van der Waals surface area contributed by atoms with Crippen LogP contribution in [0.2, 0.25) is 0 Å². The van der Waals surface area contributed by atoms with Crippen molar-refractivity contribution >= 4 is 0 Å². The van der Waals surface area contributed by atoms with Crippen LogP contribution in [0, 0.1) is 0 Å². The molecular formula is C15H29NO2. The number of ether oxygens (including phenoxy) is 2. The van der Waals surface area contributed by atoms with Crippen molar-refractivity contribution in [3.63, 3.8) is 0 Å². The van der Waals surface area contributed by atoms with Gasteiger partial charge in [0.05, 0.1) is 17.2 Å². The van der Waals surface area contributed by atoms with E-state index in [4.69, 9.17) is 9.47 Å². The summed E-state index contributed by atoms with van der Waals surface area (Å²) in [5.41, 5.74) is -0.475. The van der Waals surface area contributed by atoms with Crippen LogP contribution in [0.1, 0.15) is 54.4 Å². The first-order valence-electron chi connectivity index (χ1n) is 7.00. The lowest BCUT2D eigenvalue weighted by Crippen LogP contribution is -2.41. The van der Waals surface area contributed by atoms with Gasteiger partial charge in [-0.3, -0.25) is 0 Å². The lowest BCUT2D eigenvalue weighted by atomic mass is 9.90. The second kappa shape index (κ2) is 6.18. The molecule has 1 heterocycles. The smallest absolute Gasteiger partial charge is 0.174 e. The van der Waals surface area contributed by atoms with Crippen molar-refractivity contribution in [2.45, 2.75) is 77.9 Å². The van der Waals surface area contributed by atoms with E-state index in [-0.39, 0.29) is 23.5 Å². The molecule has 18 heavy (non-hydrogen) atoms. The fraction of sp³-hybridized carbons (Fsp3) is 0.867. The van der Waals surface area contributed by atoms with Crippen LogP contribution in [0.25, 0.3) is 0 Å². The van der Waals surface area contributed by atoms with Gasteiger partial charge >= 0.3 is 0 Å². The molecule has 0 spiro atoms. The van der Waals surface area contributed by atoms with Crippen molar-refractivity contribution in [2.75, 3.05) is 6.54 Å². The predicted octanol–water partition coefficient (Wildman–Crippen LogP) is 3.25. The molecule has 0 amide bonds. The largest absolute Gasteiger partial charge is 0.342 e. The molecule has 0 radical (unpaired) electrons. The number of hydrogen-bond donors (Lipinski definition) is 1. The number of unbranched alkanes of at least 4 members (excludes halogenated alkanes) is 1. The van der Waals surface area contributed by atoms with Gasteiger partial charge in [0.15, 0.2) is 6.29 Å². The summed E-state index contributed by atoms with van der Waals surface area (Å²) < 4.78 is 12.0. The molecule has 106 valence electrons. The molecule has 1 rings (SSSR count). The van der Waals surface area contributed by atoms with E-state index in [1.807, 2.05) is 0 Å². The van der Waals surface area contributed by atoms with Gasteiger partial charge in [0.25, 0.3) is 0 Å². The first kappa shape index (κ1) is 15.7. The highest BCUT2D eigenvalue weighted by Gasteiger charge is 2.50. The Hall–Kier alpha value is -0.380. The monoisotopic (exact) mass is 255 g/mol. The van der Waals surface area contributed by atoms with E-state index in [1.165, 1.54) is 0 Å². The minimum Gasteiger partial charge on any atom is -0.342 e. The van der Waals surface area contributed by atoms with Gasteiger partial charge in [-0.05, 0) is 60.9 Å². The number of rotatable bonds is 6. The Bertz CT molecular complexity index is 268. The minimum atomic E-state index is -0.238. The van der Waals surface area contributed by atoms with Gasteiger partial charge in [0, 0.05) is 0 Å². The fourth-order valence-corrected chi connectivity index (χ4v) is 1.91. The Morgan fingerprint density at radius 1 is 1.17 bits per heavy atom. The van der Waals surface area contributed by atoms with Gasteiger partial charge in [-0.1, -0.05) is 12.2 Å². The maximum absolute atomic E-state index is 6.01. The average molecular weight is 255 g/mol. The van der Waals surface area contributed by atoms with Crippen LogP contribution < -0.4 is 5.32 Å². The summed E-state index contributed by atoms with van der Waals surface area (Å²) in [7, 11) is 0. The standard InChI is InChI=1S/C15H29NO2/c1-7-8-9-10-11-16-12(2)13-17-14(3,4)15(5,6)18-13/h7-8,12-13,16H,9-11H2,1-6H3/b8-7+. The van der Waals surface area contributed by atoms with Crippen LogP contribution in [0.4, 0.5) is 0 Å². The van der Waals surface area contributed by atoms with Crippen molar-refractivity contribution < 1.29 is 9.47 Å². The number of nitrogens with one attached hydrogen (secondary N) is 1. The first-order valence-corrected chi connectivity index (χ1v) is 7.00. The zero-order chi connectivity index (χ0) is 13.8. The molecule has 1 aliphatic rings. The highest BCUT2D eigenvalue weighted by atomic mass is 16.7. The van der Waals surface area contributed by atoms with E-state index in [2.05, 4.69) is 59.0 Å². The molecule has 0 aromatic rings. The average Bonchev–Trinajstić information content (AvgIpc) is 2.48. The summed E-state index contributed by atoms with van der Waals surface area (Å²) in [5.74, 6) is 0. The number of allylic oxidation sites excluding steroid dienone is 2. The molecule has 1 unspecified atom stereocenters. The third kappa shape index (κ3) is 3.81. The van der Waals surface area contributed by atoms with E-state index in [0.717, 1.165) is 19.4 Å². The molecule has 0 saturated carbocycles. The quantitative estimate of drug-likeness (QED) is 0.584.